The first-order valence-electron chi connectivity index (χ1n) is 12.2. The predicted molar refractivity (Wildman–Crippen MR) is 152 cm³/mol. The molecule has 1 aliphatic heterocycles. The molecule has 0 fully saturated rings. The van der Waals surface area contributed by atoms with Crippen molar-refractivity contribution in [2.45, 2.75) is 0 Å². The average molecular weight is 496 g/mol. The summed E-state index contributed by atoms with van der Waals surface area (Å²) in [5.41, 5.74) is 5.20. The third-order valence-electron chi connectivity index (χ3n) is 6.98. The van der Waals surface area contributed by atoms with Crippen LogP contribution in [0.4, 0.5) is 0 Å². The number of para-hydroxylation sites is 2. The summed E-state index contributed by atoms with van der Waals surface area (Å²) in [6.45, 7) is 0. The Morgan fingerprint density at radius 1 is 0.568 bits per heavy atom. The van der Waals surface area contributed by atoms with E-state index in [4.69, 9.17) is 4.74 Å². The first-order chi connectivity index (χ1) is 18.2. The third-order valence-corrected chi connectivity index (χ3v) is 10.1. The van der Waals surface area contributed by atoms with Gasteiger partial charge in [-0.15, -0.1) is 0 Å². The standard InChI is InChI=1S/C33H22NO2P/c35-37(27-13-2-1-3-14-27)31-17-5-4-16-29(31)36-30-19-18-25(22-32(30)37)24-10-6-11-26(21-24)28-15-7-9-23-12-8-20-34-33(23)28/h1-22H. The zero-order valence-electron chi connectivity index (χ0n) is 19.9. The highest BCUT2D eigenvalue weighted by Crippen LogP contribution is 2.52. The van der Waals surface area contributed by atoms with Crippen LogP contribution in [0.25, 0.3) is 33.2 Å². The summed E-state index contributed by atoms with van der Waals surface area (Å²) in [6.07, 6.45) is 1.83. The van der Waals surface area contributed by atoms with Crippen LogP contribution in [0, 0.1) is 0 Å². The molecule has 0 saturated carbocycles. The molecule has 7 rings (SSSR count). The summed E-state index contributed by atoms with van der Waals surface area (Å²) in [7, 11) is -3.13. The van der Waals surface area contributed by atoms with E-state index in [2.05, 4.69) is 53.5 Å². The fourth-order valence-electron chi connectivity index (χ4n) is 5.20. The summed E-state index contributed by atoms with van der Waals surface area (Å²) < 4.78 is 21.3. The molecule has 0 N–H and O–H groups in total. The fourth-order valence-corrected chi connectivity index (χ4v) is 8.09. The van der Waals surface area contributed by atoms with Gasteiger partial charge in [0, 0.05) is 22.5 Å². The van der Waals surface area contributed by atoms with Crippen LogP contribution in [0.2, 0.25) is 0 Å². The lowest BCUT2D eigenvalue weighted by molar-refractivity contribution is 0.485. The Labute approximate surface area is 215 Å². The van der Waals surface area contributed by atoms with E-state index in [0.717, 1.165) is 49.1 Å². The molecular formula is C33H22NO2P. The molecule has 1 aliphatic rings. The molecule has 2 heterocycles. The second-order valence-corrected chi connectivity index (χ2v) is 11.9. The number of aromatic nitrogens is 1. The quantitative estimate of drug-likeness (QED) is 0.241. The molecule has 0 amide bonds. The summed E-state index contributed by atoms with van der Waals surface area (Å²) >= 11 is 0. The summed E-state index contributed by atoms with van der Waals surface area (Å²) in [5.74, 6) is 1.30. The van der Waals surface area contributed by atoms with E-state index >= 15 is 4.57 Å². The third kappa shape index (κ3) is 3.51. The second kappa shape index (κ2) is 8.58. The first kappa shape index (κ1) is 21.8. The number of pyridine rings is 1. The molecule has 5 aromatic carbocycles. The Kier molecular flexibility index (Phi) is 5.06. The second-order valence-electron chi connectivity index (χ2n) is 9.16. The summed E-state index contributed by atoms with van der Waals surface area (Å²) in [5, 5.41) is 3.38. The van der Waals surface area contributed by atoms with Gasteiger partial charge in [-0.1, -0.05) is 91.0 Å². The molecule has 1 aromatic heterocycles. The number of benzene rings is 5. The molecule has 0 saturated heterocycles. The molecule has 0 aliphatic carbocycles. The zero-order chi connectivity index (χ0) is 24.8. The fraction of sp³-hybridized carbons (Fsp3) is 0. The molecule has 4 heteroatoms. The van der Waals surface area contributed by atoms with Crippen molar-refractivity contribution in [3.05, 3.63) is 134 Å². The van der Waals surface area contributed by atoms with Crippen molar-refractivity contribution in [2.75, 3.05) is 0 Å². The van der Waals surface area contributed by atoms with Crippen LogP contribution in [0.3, 0.4) is 0 Å². The topological polar surface area (TPSA) is 39.2 Å². The Bertz CT molecular complexity index is 1840. The Balaban J connectivity index is 1.40. The van der Waals surface area contributed by atoms with Crippen molar-refractivity contribution < 1.29 is 9.30 Å². The highest BCUT2D eigenvalue weighted by Gasteiger charge is 2.39. The molecule has 176 valence electrons. The van der Waals surface area contributed by atoms with Crippen molar-refractivity contribution in [3.8, 4) is 33.8 Å². The maximum atomic E-state index is 15.0. The number of fused-ring (bicyclic) bond motifs is 3. The van der Waals surface area contributed by atoms with Crippen molar-refractivity contribution >= 4 is 34.0 Å². The minimum atomic E-state index is -3.13. The number of rotatable bonds is 3. The van der Waals surface area contributed by atoms with Crippen LogP contribution in [-0.2, 0) is 4.57 Å². The monoisotopic (exact) mass is 495 g/mol. The smallest absolute Gasteiger partial charge is 0.178 e. The lowest BCUT2D eigenvalue weighted by Crippen LogP contribution is -2.30. The van der Waals surface area contributed by atoms with E-state index in [9.17, 15) is 0 Å². The normalized spacial score (nSPS) is 16.0. The molecule has 0 spiro atoms. The Morgan fingerprint density at radius 3 is 2.22 bits per heavy atom. The first-order valence-corrected chi connectivity index (χ1v) is 13.9. The highest BCUT2D eigenvalue weighted by molar-refractivity contribution is 7.85. The average Bonchev–Trinajstić information content (AvgIpc) is 2.97. The number of nitrogens with zero attached hydrogens (tertiary/aromatic N) is 1. The molecule has 1 atom stereocenters. The molecule has 0 bridgehead atoms. The van der Waals surface area contributed by atoms with Gasteiger partial charge in [0.2, 0.25) is 0 Å². The van der Waals surface area contributed by atoms with Gasteiger partial charge in [0.25, 0.3) is 0 Å². The highest BCUT2D eigenvalue weighted by atomic mass is 31.2. The van der Waals surface area contributed by atoms with E-state index in [1.165, 1.54) is 0 Å². The molecular weight excluding hydrogens is 473 g/mol. The van der Waals surface area contributed by atoms with E-state index < -0.39 is 7.14 Å². The molecule has 0 radical (unpaired) electrons. The van der Waals surface area contributed by atoms with Crippen LogP contribution >= 0.6 is 7.14 Å². The van der Waals surface area contributed by atoms with E-state index in [1.54, 1.807) is 0 Å². The maximum absolute atomic E-state index is 15.0. The lowest BCUT2D eigenvalue weighted by Gasteiger charge is -2.29. The SMILES string of the molecule is O=P1(c2ccccc2)c2ccccc2Oc2ccc(-c3cccc(-c4cccc5cccnc45)c3)cc21. The van der Waals surface area contributed by atoms with Gasteiger partial charge in [0.15, 0.2) is 7.14 Å². The Morgan fingerprint density at radius 2 is 1.30 bits per heavy atom. The van der Waals surface area contributed by atoms with Crippen molar-refractivity contribution in [3.63, 3.8) is 0 Å². The van der Waals surface area contributed by atoms with Crippen molar-refractivity contribution in [2.24, 2.45) is 0 Å². The lowest BCUT2D eigenvalue weighted by atomic mass is 9.97. The zero-order valence-corrected chi connectivity index (χ0v) is 20.8. The van der Waals surface area contributed by atoms with E-state index in [-0.39, 0.29) is 0 Å². The summed E-state index contributed by atoms with van der Waals surface area (Å²) in [4.78, 5) is 4.64. The van der Waals surface area contributed by atoms with E-state index in [1.807, 2.05) is 85.1 Å². The molecule has 37 heavy (non-hydrogen) atoms. The summed E-state index contributed by atoms with van der Waals surface area (Å²) in [6, 6.07) is 42.2. The van der Waals surface area contributed by atoms with Crippen LogP contribution in [0.5, 0.6) is 11.5 Å². The van der Waals surface area contributed by atoms with Crippen molar-refractivity contribution in [1.82, 2.24) is 4.98 Å². The van der Waals surface area contributed by atoms with Gasteiger partial charge in [-0.25, -0.2) is 0 Å². The minimum absolute atomic E-state index is 0.643. The molecule has 6 aromatic rings. The van der Waals surface area contributed by atoms with Gasteiger partial charge in [0.05, 0.1) is 16.1 Å². The van der Waals surface area contributed by atoms with Crippen LogP contribution in [-0.4, -0.2) is 4.98 Å². The number of hydrogen-bond donors (Lipinski definition) is 0. The van der Waals surface area contributed by atoms with Gasteiger partial charge >= 0.3 is 0 Å². The molecule has 3 nitrogen and oxygen atoms in total. The van der Waals surface area contributed by atoms with Crippen LogP contribution in [0.1, 0.15) is 0 Å². The van der Waals surface area contributed by atoms with Crippen molar-refractivity contribution in [1.29, 1.82) is 0 Å². The van der Waals surface area contributed by atoms with Gasteiger partial charge in [-0.05, 0) is 53.1 Å². The van der Waals surface area contributed by atoms with Crippen LogP contribution < -0.4 is 20.7 Å². The van der Waals surface area contributed by atoms with Crippen LogP contribution in [0.15, 0.2) is 134 Å². The van der Waals surface area contributed by atoms with E-state index in [0.29, 0.717) is 11.5 Å². The molecule has 1 unspecified atom stereocenters. The van der Waals surface area contributed by atoms with Gasteiger partial charge in [-0.2, -0.15) is 0 Å². The predicted octanol–water partition coefficient (Wildman–Crippen LogP) is 7.31. The largest absolute Gasteiger partial charge is 0.456 e. The number of ether oxygens (including phenoxy) is 1. The van der Waals surface area contributed by atoms with Gasteiger partial charge < -0.3 is 9.30 Å². The number of hydrogen-bond acceptors (Lipinski definition) is 3. The van der Waals surface area contributed by atoms with Gasteiger partial charge in [-0.3, -0.25) is 4.98 Å². The van der Waals surface area contributed by atoms with Gasteiger partial charge in [0.1, 0.15) is 11.5 Å². The maximum Gasteiger partial charge on any atom is 0.178 e. The Hall–Kier alpha value is -4.46. The minimum Gasteiger partial charge on any atom is -0.456 e.